The van der Waals surface area contributed by atoms with Crippen LogP contribution in [0.15, 0.2) is 35.2 Å². The van der Waals surface area contributed by atoms with Crippen LogP contribution >= 0.6 is 23.1 Å². The molecule has 2 aromatic rings. The van der Waals surface area contributed by atoms with Crippen LogP contribution in [0.25, 0.3) is 0 Å². The number of carbonyl (C=O) groups excluding carboxylic acids is 1. The van der Waals surface area contributed by atoms with Gasteiger partial charge >= 0.3 is 0 Å². The highest BCUT2D eigenvalue weighted by molar-refractivity contribution is 8.01. The van der Waals surface area contributed by atoms with E-state index in [1.807, 2.05) is 18.2 Å². The van der Waals surface area contributed by atoms with Crippen molar-refractivity contribution in [3.05, 3.63) is 36.4 Å². The first kappa shape index (κ1) is 20.5. The van der Waals surface area contributed by atoms with Gasteiger partial charge in [-0.25, -0.2) is 0 Å². The van der Waals surface area contributed by atoms with E-state index in [0.717, 1.165) is 26.5 Å². The molecule has 0 radical (unpaired) electrons. The number of nitrogens with one attached hydrogen (secondary N) is 2. The highest BCUT2D eigenvalue weighted by atomic mass is 32.2. The van der Waals surface area contributed by atoms with Crippen LogP contribution in [0.1, 0.15) is 25.5 Å². The maximum Gasteiger partial charge on any atom is 0.230 e. The van der Waals surface area contributed by atoms with Crippen molar-refractivity contribution < 1.29 is 14.3 Å². The zero-order chi connectivity index (χ0) is 19.9. The number of thioether (sulfide) groups is 1. The molecule has 0 bridgehead atoms. The molecule has 1 aliphatic rings. The molecule has 2 heterocycles. The molecule has 28 heavy (non-hydrogen) atoms. The van der Waals surface area contributed by atoms with Crippen LogP contribution in [0, 0.1) is 5.92 Å². The van der Waals surface area contributed by atoms with Crippen molar-refractivity contribution in [2.45, 2.75) is 24.2 Å². The standard InChI is InChI=1S/C19H24N4O3S2/c1-4-7-20-18-22-23-19(28-18)27-11-16(24)21-17(12(2)3)13-5-6-14-15(10-13)26-9-8-25-14/h4-6,10,12,17H,1,7-9,11H2,2-3H3,(H,20,22)(H,21,24)/t17-/m1/s1. The number of anilines is 1. The predicted molar refractivity (Wildman–Crippen MR) is 112 cm³/mol. The van der Waals surface area contributed by atoms with Gasteiger partial charge < -0.3 is 20.1 Å². The monoisotopic (exact) mass is 420 g/mol. The van der Waals surface area contributed by atoms with Crippen molar-refractivity contribution in [3.63, 3.8) is 0 Å². The second kappa shape index (κ2) is 9.79. The molecule has 0 saturated heterocycles. The lowest BCUT2D eigenvalue weighted by Crippen LogP contribution is -2.33. The summed E-state index contributed by atoms with van der Waals surface area (Å²) in [6, 6.07) is 5.73. The number of amides is 1. The van der Waals surface area contributed by atoms with Crippen molar-refractivity contribution in [1.82, 2.24) is 15.5 Å². The maximum absolute atomic E-state index is 12.5. The Balaban J connectivity index is 1.58. The second-order valence-corrected chi connectivity index (χ2v) is 8.72. The molecular weight excluding hydrogens is 396 g/mol. The minimum absolute atomic E-state index is 0.0469. The summed E-state index contributed by atoms with van der Waals surface area (Å²) in [5, 5.41) is 15.1. The fourth-order valence-electron chi connectivity index (χ4n) is 2.73. The first-order chi connectivity index (χ1) is 13.6. The third-order valence-corrected chi connectivity index (χ3v) is 6.05. The molecule has 0 saturated carbocycles. The molecule has 0 aliphatic carbocycles. The highest BCUT2D eigenvalue weighted by Gasteiger charge is 2.21. The van der Waals surface area contributed by atoms with Gasteiger partial charge in [-0.3, -0.25) is 4.79 Å². The molecule has 3 rings (SSSR count). The molecule has 1 amide bonds. The number of aromatic nitrogens is 2. The van der Waals surface area contributed by atoms with Crippen LogP contribution in [0.3, 0.4) is 0 Å². The van der Waals surface area contributed by atoms with Gasteiger partial charge in [-0.1, -0.05) is 49.1 Å². The van der Waals surface area contributed by atoms with E-state index in [4.69, 9.17) is 9.47 Å². The van der Waals surface area contributed by atoms with Gasteiger partial charge in [0.05, 0.1) is 11.8 Å². The minimum atomic E-state index is -0.108. The van der Waals surface area contributed by atoms with Crippen molar-refractivity contribution in [3.8, 4) is 11.5 Å². The van der Waals surface area contributed by atoms with Gasteiger partial charge in [-0.05, 0) is 23.6 Å². The predicted octanol–water partition coefficient (Wildman–Crippen LogP) is 3.51. The van der Waals surface area contributed by atoms with E-state index in [1.165, 1.54) is 23.1 Å². The van der Waals surface area contributed by atoms with E-state index in [2.05, 4.69) is 41.3 Å². The molecule has 1 atom stereocenters. The lowest BCUT2D eigenvalue weighted by Gasteiger charge is -2.25. The van der Waals surface area contributed by atoms with Crippen molar-refractivity contribution in [1.29, 1.82) is 0 Å². The summed E-state index contributed by atoms with van der Waals surface area (Å²) in [4.78, 5) is 12.5. The lowest BCUT2D eigenvalue weighted by molar-refractivity contribution is -0.119. The number of hydrogen-bond acceptors (Lipinski definition) is 8. The highest BCUT2D eigenvalue weighted by Crippen LogP contribution is 2.34. The van der Waals surface area contributed by atoms with Gasteiger partial charge in [-0.2, -0.15) is 0 Å². The Morgan fingerprint density at radius 3 is 2.86 bits per heavy atom. The Morgan fingerprint density at radius 2 is 2.11 bits per heavy atom. The summed E-state index contributed by atoms with van der Waals surface area (Å²) in [5.41, 5.74) is 1.00. The maximum atomic E-state index is 12.5. The van der Waals surface area contributed by atoms with E-state index in [9.17, 15) is 4.79 Å². The molecule has 0 fully saturated rings. The average molecular weight is 421 g/mol. The summed E-state index contributed by atoms with van der Waals surface area (Å²) in [5.74, 6) is 1.94. The molecule has 1 aromatic carbocycles. The summed E-state index contributed by atoms with van der Waals surface area (Å²) < 4.78 is 12.0. The first-order valence-electron chi connectivity index (χ1n) is 9.07. The average Bonchev–Trinajstić information content (AvgIpc) is 3.16. The zero-order valence-corrected chi connectivity index (χ0v) is 17.6. The third-order valence-electron chi connectivity index (χ3n) is 4.04. The van der Waals surface area contributed by atoms with Gasteiger partial charge in [0, 0.05) is 6.54 Å². The van der Waals surface area contributed by atoms with E-state index < -0.39 is 0 Å². The number of ether oxygens (including phenoxy) is 2. The minimum Gasteiger partial charge on any atom is -0.486 e. The molecule has 1 aromatic heterocycles. The van der Waals surface area contributed by atoms with E-state index in [1.54, 1.807) is 6.08 Å². The fourth-order valence-corrected chi connectivity index (χ4v) is 4.30. The lowest BCUT2D eigenvalue weighted by atomic mass is 9.95. The van der Waals surface area contributed by atoms with Gasteiger partial charge in [0.2, 0.25) is 11.0 Å². The quantitative estimate of drug-likeness (QED) is 0.474. The van der Waals surface area contributed by atoms with E-state index in [-0.39, 0.29) is 23.6 Å². The zero-order valence-electron chi connectivity index (χ0n) is 15.9. The summed E-state index contributed by atoms with van der Waals surface area (Å²) >= 11 is 2.80. The molecule has 0 unspecified atom stereocenters. The van der Waals surface area contributed by atoms with Gasteiger partial charge in [0.1, 0.15) is 13.2 Å². The number of carbonyl (C=O) groups is 1. The van der Waals surface area contributed by atoms with Gasteiger partial charge in [-0.15, -0.1) is 16.8 Å². The first-order valence-corrected chi connectivity index (χ1v) is 10.9. The molecule has 7 nitrogen and oxygen atoms in total. The molecular formula is C19H24N4O3S2. The second-order valence-electron chi connectivity index (χ2n) is 6.52. The molecule has 150 valence electrons. The Bertz CT molecular complexity index is 825. The fraction of sp³-hybridized carbons (Fsp3) is 0.421. The Hall–Kier alpha value is -2.26. The molecule has 1 aliphatic heterocycles. The van der Waals surface area contributed by atoms with Crippen LogP contribution in [-0.2, 0) is 4.79 Å². The van der Waals surface area contributed by atoms with Crippen LogP contribution in [-0.4, -0.2) is 41.6 Å². The Kier molecular flexibility index (Phi) is 7.16. The number of hydrogen-bond donors (Lipinski definition) is 2. The number of fused-ring (bicyclic) bond motifs is 1. The Labute approximate surface area is 172 Å². The number of nitrogens with zero attached hydrogens (tertiary/aromatic N) is 2. The number of benzene rings is 1. The SMILES string of the molecule is C=CCNc1nnc(SCC(=O)N[C@@H](c2ccc3c(c2)OCCO3)C(C)C)s1. The van der Waals surface area contributed by atoms with Gasteiger partial charge in [0.15, 0.2) is 15.8 Å². The van der Waals surface area contributed by atoms with E-state index >= 15 is 0 Å². The van der Waals surface area contributed by atoms with Crippen LogP contribution in [0.5, 0.6) is 11.5 Å². The van der Waals surface area contributed by atoms with E-state index in [0.29, 0.717) is 19.8 Å². The normalized spacial score (nSPS) is 13.8. The Morgan fingerprint density at radius 1 is 1.32 bits per heavy atom. The summed E-state index contributed by atoms with van der Waals surface area (Å²) in [7, 11) is 0. The molecule has 9 heteroatoms. The topological polar surface area (TPSA) is 85.4 Å². The van der Waals surface area contributed by atoms with Crippen molar-refractivity contribution in [2.75, 3.05) is 30.8 Å². The smallest absolute Gasteiger partial charge is 0.230 e. The number of rotatable bonds is 9. The summed E-state index contributed by atoms with van der Waals surface area (Å²) in [6.07, 6.45) is 1.76. The molecule has 2 N–H and O–H groups in total. The van der Waals surface area contributed by atoms with Crippen molar-refractivity contribution in [2.24, 2.45) is 5.92 Å². The van der Waals surface area contributed by atoms with Gasteiger partial charge in [0.25, 0.3) is 0 Å². The van der Waals surface area contributed by atoms with Crippen LogP contribution in [0.4, 0.5) is 5.13 Å². The third kappa shape index (κ3) is 5.39. The van der Waals surface area contributed by atoms with Crippen LogP contribution < -0.4 is 20.1 Å². The van der Waals surface area contributed by atoms with Crippen molar-refractivity contribution >= 4 is 34.1 Å². The molecule has 0 spiro atoms. The summed E-state index contributed by atoms with van der Waals surface area (Å²) in [6.45, 7) is 9.54. The largest absolute Gasteiger partial charge is 0.486 e. The van der Waals surface area contributed by atoms with Crippen LogP contribution in [0.2, 0.25) is 0 Å².